The number of furan rings is 1. The zero-order chi connectivity index (χ0) is 13.7. The van der Waals surface area contributed by atoms with Crippen molar-refractivity contribution in [2.45, 2.75) is 31.5 Å². The summed E-state index contributed by atoms with van der Waals surface area (Å²) in [6.45, 7) is 2.83. The van der Waals surface area contributed by atoms with E-state index in [1.165, 1.54) is 0 Å². The number of aryl methyl sites for hydroxylation is 1. The third-order valence-electron chi connectivity index (χ3n) is 2.31. The highest BCUT2D eigenvalue weighted by atomic mass is 32.2. The van der Waals surface area contributed by atoms with Gasteiger partial charge in [0.1, 0.15) is 17.3 Å². The predicted molar refractivity (Wildman–Crippen MR) is 67.8 cm³/mol. The van der Waals surface area contributed by atoms with E-state index in [0.717, 1.165) is 5.76 Å². The SMILES string of the molecule is Cc1cnc(CNCc2ccc(CSC(F)F)o2)o1. The van der Waals surface area contributed by atoms with Gasteiger partial charge in [0.2, 0.25) is 5.89 Å². The van der Waals surface area contributed by atoms with Crippen LogP contribution in [0.15, 0.2) is 27.2 Å². The van der Waals surface area contributed by atoms with Crippen molar-refractivity contribution >= 4 is 11.8 Å². The molecule has 0 amide bonds. The minimum absolute atomic E-state index is 0.177. The van der Waals surface area contributed by atoms with E-state index in [1.807, 2.05) is 6.92 Å². The van der Waals surface area contributed by atoms with Crippen molar-refractivity contribution in [3.05, 3.63) is 41.5 Å². The van der Waals surface area contributed by atoms with E-state index in [-0.39, 0.29) is 5.75 Å². The number of oxazole rings is 1. The Morgan fingerprint density at radius 3 is 2.74 bits per heavy atom. The number of nitrogens with zero attached hydrogens (tertiary/aromatic N) is 1. The van der Waals surface area contributed by atoms with Crippen LogP contribution < -0.4 is 5.32 Å². The minimum atomic E-state index is -2.38. The summed E-state index contributed by atoms with van der Waals surface area (Å²) in [5.74, 6) is 0.428. The number of hydrogen-bond acceptors (Lipinski definition) is 5. The van der Waals surface area contributed by atoms with Crippen molar-refractivity contribution in [3.63, 3.8) is 0 Å². The quantitative estimate of drug-likeness (QED) is 0.847. The Morgan fingerprint density at radius 1 is 1.26 bits per heavy atom. The maximum Gasteiger partial charge on any atom is 0.284 e. The van der Waals surface area contributed by atoms with Gasteiger partial charge >= 0.3 is 0 Å². The molecular weight excluding hydrogens is 274 g/mol. The van der Waals surface area contributed by atoms with Gasteiger partial charge in [-0.05, 0) is 19.1 Å². The Bertz CT molecular complexity index is 513. The van der Waals surface area contributed by atoms with Crippen LogP contribution in [0.25, 0.3) is 0 Å². The van der Waals surface area contributed by atoms with Gasteiger partial charge in [-0.25, -0.2) is 4.98 Å². The monoisotopic (exact) mass is 288 g/mol. The normalized spacial score (nSPS) is 11.4. The van der Waals surface area contributed by atoms with E-state index in [4.69, 9.17) is 8.83 Å². The Hall–Kier alpha value is -1.34. The van der Waals surface area contributed by atoms with E-state index in [9.17, 15) is 8.78 Å². The van der Waals surface area contributed by atoms with Gasteiger partial charge in [-0.15, -0.1) is 0 Å². The van der Waals surface area contributed by atoms with Crippen LogP contribution in [-0.4, -0.2) is 10.7 Å². The minimum Gasteiger partial charge on any atom is -0.464 e. The largest absolute Gasteiger partial charge is 0.464 e. The van der Waals surface area contributed by atoms with Gasteiger partial charge < -0.3 is 14.2 Å². The van der Waals surface area contributed by atoms with Crippen molar-refractivity contribution in [1.82, 2.24) is 10.3 Å². The molecule has 2 aromatic rings. The number of thioether (sulfide) groups is 1. The van der Waals surface area contributed by atoms with Crippen molar-refractivity contribution in [3.8, 4) is 0 Å². The van der Waals surface area contributed by atoms with Gasteiger partial charge in [0.05, 0.1) is 25.0 Å². The number of halogens is 2. The Labute approximate surface area is 113 Å². The smallest absolute Gasteiger partial charge is 0.284 e. The van der Waals surface area contributed by atoms with Crippen LogP contribution in [0.1, 0.15) is 23.2 Å². The zero-order valence-electron chi connectivity index (χ0n) is 10.4. The van der Waals surface area contributed by atoms with Crippen molar-refractivity contribution < 1.29 is 17.6 Å². The predicted octanol–water partition coefficient (Wildman–Crippen LogP) is 3.32. The van der Waals surface area contributed by atoms with Gasteiger partial charge in [0.15, 0.2) is 0 Å². The van der Waals surface area contributed by atoms with E-state index >= 15 is 0 Å². The average Bonchev–Trinajstić information content (AvgIpc) is 2.96. The first kappa shape index (κ1) is 14.1. The highest BCUT2D eigenvalue weighted by Crippen LogP contribution is 2.21. The van der Waals surface area contributed by atoms with E-state index in [2.05, 4.69) is 10.3 Å². The molecule has 2 aromatic heterocycles. The lowest BCUT2D eigenvalue weighted by Crippen LogP contribution is -2.12. The maximum atomic E-state index is 12.0. The number of hydrogen-bond donors (Lipinski definition) is 1. The maximum absolute atomic E-state index is 12.0. The fourth-order valence-electron chi connectivity index (χ4n) is 1.52. The summed E-state index contributed by atoms with van der Waals surface area (Å²) in [6, 6.07) is 3.48. The zero-order valence-corrected chi connectivity index (χ0v) is 11.2. The molecule has 0 aliphatic rings. The Balaban J connectivity index is 1.74. The molecule has 104 valence electrons. The number of nitrogens with one attached hydrogen (secondary N) is 1. The van der Waals surface area contributed by atoms with Gasteiger partial charge in [-0.3, -0.25) is 0 Å². The first-order valence-electron chi connectivity index (χ1n) is 5.73. The Kier molecular flexibility index (Phi) is 4.98. The lowest BCUT2D eigenvalue weighted by atomic mass is 10.4. The summed E-state index contributed by atoms with van der Waals surface area (Å²) in [7, 11) is 0. The summed E-state index contributed by atoms with van der Waals surface area (Å²) in [4.78, 5) is 4.05. The van der Waals surface area contributed by atoms with Crippen molar-refractivity contribution in [1.29, 1.82) is 0 Å². The molecule has 0 atom stereocenters. The summed E-state index contributed by atoms with van der Waals surface area (Å²) in [6.07, 6.45) is 1.66. The highest BCUT2D eigenvalue weighted by molar-refractivity contribution is 7.98. The van der Waals surface area contributed by atoms with Gasteiger partial charge in [-0.2, -0.15) is 8.78 Å². The first-order valence-corrected chi connectivity index (χ1v) is 6.77. The lowest BCUT2D eigenvalue weighted by molar-refractivity contribution is 0.251. The number of alkyl halides is 2. The van der Waals surface area contributed by atoms with Gasteiger partial charge in [0.25, 0.3) is 5.76 Å². The molecule has 0 saturated heterocycles. The fraction of sp³-hybridized carbons (Fsp3) is 0.417. The lowest BCUT2D eigenvalue weighted by Gasteiger charge is -1.99. The molecule has 0 unspecified atom stereocenters. The third kappa shape index (κ3) is 4.68. The molecule has 0 aliphatic heterocycles. The highest BCUT2D eigenvalue weighted by Gasteiger charge is 2.07. The number of aromatic nitrogens is 1. The summed E-state index contributed by atoms with van der Waals surface area (Å²) in [5.41, 5.74) is 0. The molecule has 0 radical (unpaired) electrons. The van der Waals surface area contributed by atoms with Crippen molar-refractivity contribution in [2.24, 2.45) is 0 Å². The summed E-state index contributed by atoms with van der Waals surface area (Å²) < 4.78 is 34.7. The van der Waals surface area contributed by atoms with Crippen LogP contribution in [0.2, 0.25) is 0 Å². The molecule has 19 heavy (non-hydrogen) atoms. The van der Waals surface area contributed by atoms with Gasteiger partial charge in [0, 0.05) is 0 Å². The van der Waals surface area contributed by atoms with Crippen LogP contribution in [0.3, 0.4) is 0 Å². The standard InChI is InChI=1S/C12H14F2N2O2S/c1-8-4-16-11(17-8)6-15-5-9-2-3-10(18-9)7-19-12(13)14/h2-4,12,15H,5-7H2,1H3. The van der Waals surface area contributed by atoms with E-state index in [0.29, 0.717) is 42.3 Å². The molecule has 0 saturated carbocycles. The van der Waals surface area contributed by atoms with Crippen molar-refractivity contribution in [2.75, 3.05) is 0 Å². The molecule has 4 nitrogen and oxygen atoms in total. The second kappa shape index (κ2) is 6.72. The van der Waals surface area contributed by atoms with Crippen LogP contribution >= 0.6 is 11.8 Å². The summed E-state index contributed by atoms with van der Waals surface area (Å²) >= 11 is 0.549. The second-order valence-electron chi connectivity index (χ2n) is 3.91. The molecule has 0 aromatic carbocycles. The van der Waals surface area contributed by atoms with Crippen LogP contribution in [0.4, 0.5) is 8.78 Å². The molecular formula is C12H14F2N2O2S. The Morgan fingerprint density at radius 2 is 2.05 bits per heavy atom. The van der Waals surface area contributed by atoms with Crippen LogP contribution in [-0.2, 0) is 18.8 Å². The van der Waals surface area contributed by atoms with Crippen LogP contribution in [0, 0.1) is 6.92 Å². The van der Waals surface area contributed by atoms with E-state index in [1.54, 1.807) is 18.3 Å². The average molecular weight is 288 g/mol. The topological polar surface area (TPSA) is 51.2 Å². The fourth-order valence-corrected chi connectivity index (χ4v) is 1.96. The third-order valence-corrected chi connectivity index (χ3v) is 3.02. The van der Waals surface area contributed by atoms with Crippen LogP contribution in [0.5, 0.6) is 0 Å². The second-order valence-corrected chi connectivity index (χ2v) is 4.89. The molecule has 0 aliphatic carbocycles. The molecule has 0 fully saturated rings. The van der Waals surface area contributed by atoms with Gasteiger partial charge in [-0.1, -0.05) is 11.8 Å². The summed E-state index contributed by atoms with van der Waals surface area (Å²) in [5, 5.41) is 3.10. The molecule has 0 bridgehead atoms. The van der Waals surface area contributed by atoms with E-state index < -0.39 is 5.76 Å². The molecule has 2 heterocycles. The molecule has 0 spiro atoms. The molecule has 1 N–H and O–H groups in total. The number of rotatable bonds is 7. The molecule has 7 heteroatoms. The first-order chi connectivity index (χ1) is 9.13. The molecule has 2 rings (SSSR count).